The molecule has 5 aromatic rings. The molecule has 4 N–H and O–H groups in total. The van der Waals surface area contributed by atoms with Gasteiger partial charge >= 0.3 is 6.18 Å². The van der Waals surface area contributed by atoms with Crippen molar-refractivity contribution in [3.05, 3.63) is 77.5 Å². The van der Waals surface area contributed by atoms with Gasteiger partial charge in [0, 0.05) is 28.6 Å². The number of nitrogens with one attached hydrogen (secondary N) is 1. The van der Waals surface area contributed by atoms with Crippen LogP contribution in [0.4, 0.5) is 24.8 Å². The number of alkyl halides is 3. The van der Waals surface area contributed by atoms with Crippen LogP contribution in [0, 0.1) is 0 Å². The lowest BCUT2D eigenvalue weighted by Gasteiger charge is -2.23. The summed E-state index contributed by atoms with van der Waals surface area (Å²) in [4.78, 5) is 25.2. The Balaban J connectivity index is 1.32. The molecule has 0 radical (unpaired) electrons. The number of halogens is 3. The van der Waals surface area contributed by atoms with E-state index in [1.54, 1.807) is 30.5 Å². The summed E-state index contributed by atoms with van der Waals surface area (Å²) in [6.45, 7) is 0.397. The average Bonchev–Trinajstić information content (AvgIpc) is 3.56. The second-order valence-corrected chi connectivity index (χ2v) is 9.61. The van der Waals surface area contributed by atoms with E-state index in [0.29, 0.717) is 28.8 Å². The summed E-state index contributed by atoms with van der Waals surface area (Å²) in [7, 11) is 0. The van der Waals surface area contributed by atoms with Crippen LogP contribution in [-0.2, 0) is 19.1 Å². The largest absolute Gasteiger partial charge is 0.416 e. The number of carbonyl (C=O) groups is 1. The molecule has 1 aliphatic carbocycles. The van der Waals surface area contributed by atoms with Crippen LogP contribution in [0.5, 0.6) is 0 Å². The number of pyridine rings is 1. The van der Waals surface area contributed by atoms with Gasteiger partial charge in [-0.2, -0.15) is 23.4 Å². The molecule has 6 rings (SSSR count). The van der Waals surface area contributed by atoms with E-state index in [0.717, 1.165) is 48.8 Å². The number of anilines is 2. The monoisotopic (exact) mass is 563 g/mol. The molecule has 1 atom stereocenters. The van der Waals surface area contributed by atoms with Crippen molar-refractivity contribution in [2.75, 3.05) is 17.7 Å². The van der Waals surface area contributed by atoms with Crippen molar-refractivity contribution in [3.63, 3.8) is 0 Å². The average molecular weight is 564 g/mol. The lowest BCUT2D eigenvalue weighted by atomic mass is 9.93. The number of benzene rings is 1. The maximum absolute atomic E-state index is 13.0. The van der Waals surface area contributed by atoms with E-state index < -0.39 is 17.6 Å². The highest BCUT2D eigenvalue weighted by Crippen LogP contribution is 2.38. The Bertz CT molecular complexity index is 1750. The lowest BCUT2D eigenvalue weighted by molar-refractivity contribution is -0.137. The van der Waals surface area contributed by atoms with Crippen molar-refractivity contribution in [2.24, 2.45) is 0 Å². The first-order chi connectivity index (χ1) is 19.7. The molecule has 41 heavy (non-hydrogen) atoms. The molecule has 1 aromatic carbocycles. The number of hydrogen-bond donors (Lipinski definition) is 3. The van der Waals surface area contributed by atoms with Gasteiger partial charge in [-0.15, -0.1) is 0 Å². The summed E-state index contributed by atoms with van der Waals surface area (Å²) in [5.74, 6) is -0.574. The second-order valence-electron chi connectivity index (χ2n) is 9.61. The smallest absolute Gasteiger partial charge is 0.394 e. The fraction of sp³-hybridized carbons (Fsp3) is 0.259. The summed E-state index contributed by atoms with van der Waals surface area (Å²) >= 11 is 0. The van der Waals surface area contributed by atoms with Crippen LogP contribution < -0.4 is 11.1 Å². The third-order valence-electron chi connectivity index (χ3n) is 7.11. The van der Waals surface area contributed by atoms with E-state index in [1.165, 1.54) is 6.33 Å². The van der Waals surface area contributed by atoms with Gasteiger partial charge in [-0.1, -0.05) is 12.1 Å². The molecule has 0 fully saturated rings. The van der Waals surface area contributed by atoms with Gasteiger partial charge in [-0.3, -0.25) is 9.48 Å². The van der Waals surface area contributed by atoms with Gasteiger partial charge in [-0.25, -0.2) is 19.6 Å². The molecule has 1 aliphatic rings. The first kappa shape index (κ1) is 26.4. The van der Waals surface area contributed by atoms with Crippen molar-refractivity contribution in [1.82, 2.24) is 34.5 Å². The number of aliphatic hydroxyl groups excluding tert-OH is 1. The number of rotatable bonds is 6. The summed E-state index contributed by atoms with van der Waals surface area (Å²) in [5.41, 5.74) is 9.37. The normalized spacial score (nSPS) is 15.2. The number of nitrogen functional groups attached to an aromatic ring is 1. The highest BCUT2D eigenvalue weighted by atomic mass is 19.4. The Labute approximate surface area is 230 Å². The van der Waals surface area contributed by atoms with E-state index in [-0.39, 0.29) is 29.8 Å². The van der Waals surface area contributed by atoms with E-state index in [4.69, 9.17) is 10.8 Å². The van der Waals surface area contributed by atoms with Crippen LogP contribution in [0.3, 0.4) is 0 Å². The van der Waals surface area contributed by atoms with Gasteiger partial charge < -0.3 is 16.2 Å². The Morgan fingerprint density at radius 2 is 1.95 bits per heavy atom. The molecule has 0 spiro atoms. The van der Waals surface area contributed by atoms with Crippen LogP contribution in [0.2, 0.25) is 0 Å². The molecular weight excluding hydrogens is 539 g/mol. The first-order valence-corrected chi connectivity index (χ1v) is 12.8. The van der Waals surface area contributed by atoms with E-state index in [1.807, 2.05) is 9.36 Å². The van der Waals surface area contributed by atoms with Gasteiger partial charge in [0.05, 0.1) is 36.3 Å². The van der Waals surface area contributed by atoms with Gasteiger partial charge in [0.1, 0.15) is 23.7 Å². The number of nitrogens with zero attached hydrogens (tertiary/aromatic N) is 7. The Kier molecular flexibility index (Phi) is 6.61. The molecule has 11 nitrogen and oxygen atoms in total. The standard InChI is InChI=1S/C27H24F3N9O2/c28-27(29,30)17-8-9-32-21(12-17)36-26(41)16-6-4-15(5-7-16)23-22-24(31)33-14-34-25(22)39(37-23)20-3-1-2-19-18(20)13-35-38(19)10-11-40/h4-9,12-14,20,40H,1-3,10-11H2,(H2,31,33,34)(H,32,36,41)/t20-/m1/s1. The minimum absolute atomic E-state index is 0.0120. The van der Waals surface area contributed by atoms with E-state index >= 15 is 0 Å². The number of amides is 1. The first-order valence-electron chi connectivity index (χ1n) is 12.8. The quantitative estimate of drug-likeness (QED) is 0.282. The molecule has 4 aromatic heterocycles. The molecule has 4 heterocycles. The van der Waals surface area contributed by atoms with Crippen LogP contribution >= 0.6 is 0 Å². The second kappa shape index (κ2) is 10.3. The number of nitrogens with two attached hydrogens (primary N) is 1. The fourth-order valence-electron chi connectivity index (χ4n) is 5.19. The zero-order valence-electron chi connectivity index (χ0n) is 21.5. The minimum atomic E-state index is -4.55. The molecule has 14 heteroatoms. The van der Waals surface area contributed by atoms with Gasteiger partial charge in [-0.05, 0) is 43.5 Å². The molecule has 210 valence electrons. The van der Waals surface area contributed by atoms with Crippen molar-refractivity contribution in [3.8, 4) is 11.3 Å². The van der Waals surface area contributed by atoms with Crippen LogP contribution in [0.1, 0.15) is 46.1 Å². The molecule has 0 saturated carbocycles. The minimum Gasteiger partial charge on any atom is -0.394 e. The van der Waals surface area contributed by atoms with Crippen molar-refractivity contribution in [1.29, 1.82) is 0 Å². The number of aliphatic hydroxyl groups is 1. The van der Waals surface area contributed by atoms with Crippen molar-refractivity contribution >= 4 is 28.6 Å². The third kappa shape index (κ3) is 4.86. The highest BCUT2D eigenvalue weighted by molar-refractivity contribution is 6.04. The zero-order chi connectivity index (χ0) is 28.7. The number of aromatic nitrogens is 7. The van der Waals surface area contributed by atoms with Crippen molar-refractivity contribution < 1.29 is 23.1 Å². The predicted molar refractivity (Wildman–Crippen MR) is 143 cm³/mol. The maximum Gasteiger partial charge on any atom is 0.416 e. The van der Waals surface area contributed by atoms with E-state index in [9.17, 15) is 23.1 Å². The summed E-state index contributed by atoms with van der Waals surface area (Å²) in [6.07, 6.45) is 2.17. The predicted octanol–water partition coefficient (Wildman–Crippen LogP) is 3.86. The molecule has 0 aliphatic heterocycles. The molecule has 0 bridgehead atoms. The van der Waals surface area contributed by atoms with Crippen LogP contribution in [-0.4, -0.2) is 52.1 Å². The highest BCUT2D eigenvalue weighted by Gasteiger charge is 2.31. The van der Waals surface area contributed by atoms with Crippen LogP contribution in [0.25, 0.3) is 22.3 Å². The molecule has 1 amide bonds. The molecule has 0 unspecified atom stereocenters. The molecular formula is C27H24F3N9O2. The summed E-state index contributed by atoms with van der Waals surface area (Å²) in [5, 5.41) is 21.7. The summed E-state index contributed by atoms with van der Waals surface area (Å²) < 4.78 is 42.7. The Hall–Kier alpha value is -4.85. The van der Waals surface area contributed by atoms with Gasteiger partial charge in [0.25, 0.3) is 5.91 Å². The summed E-state index contributed by atoms with van der Waals surface area (Å²) in [6, 6.07) is 7.90. The maximum atomic E-state index is 13.0. The Morgan fingerprint density at radius 1 is 1.15 bits per heavy atom. The number of carbonyl (C=O) groups excluding carboxylic acids is 1. The topological polar surface area (TPSA) is 150 Å². The fourth-order valence-corrected chi connectivity index (χ4v) is 5.19. The van der Waals surface area contributed by atoms with Crippen LogP contribution in [0.15, 0.2) is 55.1 Å². The third-order valence-corrected chi connectivity index (χ3v) is 7.11. The SMILES string of the molecule is Nc1ncnc2c1c(-c1ccc(C(=O)Nc3cc(C(F)(F)F)ccn3)cc1)nn2[C@@H]1CCCc2c1cnn2CCO. The number of hydrogen-bond acceptors (Lipinski definition) is 8. The van der Waals surface area contributed by atoms with Gasteiger partial charge in [0.15, 0.2) is 5.65 Å². The van der Waals surface area contributed by atoms with Gasteiger partial charge in [0.2, 0.25) is 0 Å². The lowest BCUT2D eigenvalue weighted by Crippen LogP contribution is -2.20. The zero-order valence-corrected chi connectivity index (χ0v) is 21.5. The molecule has 0 saturated heterocycles. The Morgan fingerprint density at radius 3 is 2.71 bits per heavy atom. The van der Waals surface area contributed by atoms with E-state index in [2.05, 4.69) is 25.4 Å². The number of fused-ring (bicyclic) bond motifs is 2. The van der Waals surface area contributed by atoms with Crippen molar-refractivity contribution in [2.45, 2.75) is 38.0 Å².